The van der Waals surface area contributed by atoms with Gasteiger partial charge in [-0.2, -0.15) is 0 Å². The molecule has 0 amide bonds. The minimum absolute atomic E-state index is 0.0312. The van der Waals surface area contributed by atoms with Crippen LogP contribution < -0.4 is 0 Å². The second kappa shape index (κ2) is 2.96. The highest BCUT2D eigenvalue weighted by Gasteiger charge is 2.42. The lowest BCUT2D eigenvalue weighted by molar-refractivity contribution is -0.0516. The van der Waals surface area contributed by atoms with Crippen molar-refractivity contribution < 1.29 is 5.11 Å². The highest BCUT2D eigenvalue weighted by atomic mass is 16.3. The van der Waals surface area contributed by atoms with Gasteiger partial charge in [0.15, 0.2) is 0 Å². The largest absolute Gasteiger partial charge is 0.392 e. The smallest absolute Gasteiger partial charge is 0.0620 e. The normalized spacial score (nSPS) is 46.4. The number of piperidine rings is 1. The van der Waals surface area contributed by atoms with Crippen LogP contribution in [0.4, 0.5) is 0 Å². The summed E-state index contributed by atoms with van der Waals surface area (Å²) < 4.78 is 0. The zero-order valence-electron chi connectivity index (χ0n) is 8.15. The van der Waals surface area contributed by atoms with Crippen molar-refractivity contribution in [2.75, 3.05) is 13.1 Å². The van der Waals surface area contributed by atoms with Gasteiger partial charge in [-0.25, -0.2) is 0 Å². The second-order valence-corrected chi connectivity index (χ2v) is 5.13. The molecule has 1 aliphatic heterocycles. The van der Waals surface area contributed by atoms with Gasteiger partial charge in [0.1, 0.15) is 0 Å². The molecule has 2 heteroatoms. The van der Waals surface area contributed by atoms with Gasteiger partial charge in [0, 0.05) is 19.1 Å². The van der Waals surface area contributed by atoms with Crippen molar-refractivity contribution >= 4 is 0 Å². The van der Waals surface area contributed by atoms with Crippen LogP contribution >= 0.6 is 0 Å². The van der Waals surface area contributed by atoms with Crippen LogP contribution in [-0.2, 0) is 0 Å². The summed E-state index contributed by atoms with van der Waals surface area (Å²) >= 11 is 0. The summed E-state index contributed by atoms with van der Waals surface area (Å²) in [6, 6.07) is 0.899. The summed E-state index contributed by atoms with van der Waals surface area (Å²) in [7, 11) is 0. The van der Waals surface area contributed by atoms with E-state index in [9.17, 15) is 5.11 Å². The molecule has 3 rings (SSSR count). The van der Waals surface area contributed by atoms with Crippen molar-refractivity contribution in [3.63, 3.8) is 0 Å². The van der Waals surface area contributed by atoms with E-state index in [1.165, 1.54) is 45.2 Å². The highest BCUT2D eigenvalue weighted by Crippen LogP contribution is 2.39. The Kier molecular flexibility index (Phi) is 1.88. The van der Waals surface area contributed by atoms with Gasteiger partial charge >= 0.3 is 0 Å². The average Bonchev–Trinajstić information content (AvgIpc) is 2.85. The summed E-state index contributed by atoms with van der Waals surface area (Å²) in [5.74, 6) is 1.21. The van der Waals surface area contributed by atoms with Crippen LogP contribution in [0.5, 0.6) is 0 Å². The summed E-state index contributed by atoms with van der Waals surface area (Å²) in [5.41, 5.74) is 0. The van der Waals surface area contributed by atoms with Crippen LogP contribution in [-0.4, -0.2) is 35.2 Å². The lowest BCUT2D eigenvalue weighted by atomic mass is 9.75. The third kappa shape index (κ3) is 1.40. The number of aliphatic hydroxyl groups excluding tert-OH is 1. The standard InChI is InChI=1S/C11H19NO/c13-11-8-2-1-3-9(11)7-12(6-8)10-4-5-10/h8-11,13H,1-7H2. The number of rotatable bonds is 1. The van der Waals surface area contributed by atoms with Crippen LogP contribution in [0.1, 0.15) is 32.1 Å². The lowest BCUT2D eigenvalue weighted by Gasteiger charge is -2.45. The Bertz CT molecular complexity index is 188. The minimum Gasteiger partial charge on any atom is -0.392 e. The van der Waals surface area contributed by atoms with E-state index in [4.69, 9.17) is 0 Å². The van der Waals surface area contributed by atoms with Crippen molar-refractivity contribution in [2.45, 2.75) is 44.2 Å². The van der Waals surface area contributed by atoms with Crippen LogP contribution in [0.3, 0.4) is 0 Å². The van der Waals surface area contributed by atoms with Gasteiger partial charge in [-0.3, -0.25) is 4.90 Å². The molecule has 3 fully saturated rings. The van der Waals surface area contributed by atoms with E-state index in [2.05, 4.69) is 4.90 Å². The third-order valence-corrected chi connectivity index (χ3v) is 4.12. The number of aliphatic hydroxyl groups is 1. The van der Waals surface area contributed by atoms with Gasteiger partial charge in [-0.15, -0.1) is 0 Å². The van der Waals surface area contributed by atoms with Gasteiger partial charge in [0.05, 0.1) is 6.10 Å². The van der Waals surface area contributed by atoms with E-state index in [-0.39, 0.29) is 6.10 Å². The predicted molar refractivity (Wildman–Crippen MR) is 51.4 cm³/mol. The first-order valence-corrected chi connectivity index (χ1v) is 5.77. The number of hydrogen-bond donors (Lipinski definition) is 1. The molecular weight excluding hydrogens is 162 g/mol. The van der Waals surface area contributed by atoms with Crippen molar-refractivity contribution in [1.29, 1.82) is 0 Å². The molecule has 1 saturated heterocycles. The van der Waals surface area contributed by atoms with Gasteiger partial charge in [-0.05, 0) is 37.5 Å². The Labute approximate surface area is 79.9 Å². The zero-order valence-corrected chi connectivity index (χ0v) is 8.15. The van der Waals surface area contributed by atoms with E-state index >= 15 is 0 Å². The van der Waals surface area contributed by atoms with Gasteiger partial charge < -0.3 is 5.11 Å². The fourth-order valence-electron chi connectivity index (χ4n) is 3.18. The average molecular weight is 181 g/mol. The van der Waals surface area contributed by atoms with E-state index in [0.29, 0.717) is 11.8 Å². The Morgan fingerprint density at radius 3 is 2.08 bits per heavy atom. The molecule has 13 heavy (non-hydrogen) atoms. The maximum Gasteiger partial charge on any atom is 0.0620 e. The first kappa shape index (κ1) is 8.25. The molecule has 2 unspecified atom stereocenters. The summed E-state index contributed by atoms with van der Waals surface area (Å²) in [6.07, 6.45) is 6.74. The molecule has 2 atom stereocenters. The molecule has 2 saturated carbocycles. The SMILES string of the molecule is OC1C2CCCC1CN(C1CC1)C2. The molecule has 2 bridgehead atoms. The van der Waals surface area contributed by atoms with Crippen LogP contribution in [0.2, 0.25) is 0 Å². The quantitative estimate of drug-likeness (QED) is 0.658. The summed E-state index contributed by atoms with van der Waals surface area (Å²) in [4.78, 5) is 2.64. The van der Waals surface area contributed by atoms with E-state index in [1.54, 1.807) is 0 Å². The van der Waals surface area contributed by atoms with E-state index in [1.807, 2.05) is 0 Å². The van der Waals surface area contributed by atoms with Crippen molar-refractivity contribution in [3.05, 3.63) is 0 Å². The molecule has 3 aliphatic rings. The maximum atomic E-state index is 9.98. The van der Waals surface area contributed by atoms with Crippen molar-refractivity contribution in [1.82, 2.24) is 4.90 Å². The first-order valence-electron chi connectivity index (χ1n) is 5.77. The molecule has 2 nitrogen and oxygen atoms in total. The molecule has 0 aromatic heterocycles. The number of fused-ring (bicyclic) bond motifs is 2. The maximum absolute atomic E-state index is 9.98. The van der Waals surface area contributed by atoms with Crippen LogP contribution in [0.15, 0.2) is 0 Å². The monoisotopic (exact) mass is 181 g/mol. The fraction of sp³-hybridized carbons (Fsp3) is 1.00. The molecule has 0 radical (unpaired) electrons. The minimum atomic E-state index is 0.0312. The van der Waals surface area contributed by atoms with Gasteiger partial charge in [-0.1, -0.05) is 6.42 Å². The Balaban J connectivity index is 1.72. The topological polar surface area (TPSA) is 23.5 Å². The molecule has 1 heterocycles. The Morgan fingerprint density at radius 1 is 0.923 bits per heavy atom. The lowest BCUT2D eigenvalue weighted by Crippen LogP contribution is -2.52. The second-order valence-electron chi connectivity index (χ2n) is 5.13. The van der Waals surface area contributed by atoms with Gasteiger partial charge in [0.25, 0.3) is 0 Å². The molecular formula is C11H19NO. The predicted octanol–water partition coefficient (Wildman–Crippen LogP) is 1.24. The van der Waals surface area contributed by atoms with E-state index < -0.39 is 0 Å². The summed E-state index contributed by atoms with van der Waals surface area (Å²) in [5, 5.41) is 9.98. The summed E-state index contributed by atoms with van der Waals surface area (Å²) in [6.45, 7) is 2.37. The molecule has 2 aliphatic carbocycles. The molecule has 74 valence electrons. The molecule has 0 aromatic rings. The fourth-order valence-corrected chi connectivity index (χ4v) is 3.18. The van der Waals surface area contributed by atoms with Crippen molar-refractivity contribution in [2.24, 2.45) is 11.8 Å². The van der Waals surface area contributed by atoms with Crippen LogP contribution in [0, 0.1) is 11.8 Å². The number of hydrogen-bond acceptors (Lipinski definition) is 2. The Hall–Kier alpha value is -0.0800. The number of likely N-dealkylation sites (tertiary alicyclic amines) is 1. The van der Waals surface area contributed by atoms with Crippen LogP contribution in [0.25, 0.3) is 0 Å². The number of nitrogens with zero attached hydrogens (tertiary/aromatic N) is 1. The van der Waals surface area contributed by atoms with Gasteiger partial charge in [0.2, 0.25) is 0 Å². The molecule has 1 N–H and O–H groups in total. The zero-order chi connectivity index (χ0) is 8.84. The van der Waals surface area contributed by atoms with Crippen molar-refractivity contribution in [3.8, 4) is 0 Å². The molecule has 0 aromatic carbocycles. The van der Waals surface area contributed by atoms with E-state index in [0.717, 1.165) is 6.04 Å². The molecule has 0 spiro atoms. The Morgan fingerprint density at radius 2 is 1.54 bits per heavy atom. The third-order valence-electron chi connectivity index (χ3n) is 4.12. The first-order chi connectivity index (χ1) is 6.34. The highest BCUT2D eigenvalue weighted by molar-refractivity contribution is 4.95.